The van der Waals surface area contributed by atoms with Crippen molar-refractivity contribution in [3.63, 3.8) is 0 Å². The zero-order chi connectivity index (χ0) is 17.5. The van der Waals surface area contributed by atoms with Crippen LogP contribution in [-0.4, -0.2) is 18.0 Å². The van der Waals surface area contributed by atoms with Crippen LogP contribution in [0.15, 0.2) is 41.3 Å². The number of hydrogen-bond acceptors (Lipinski definition) is 3. The molecule has 0 aliphatic carbocycles. The fourth-order valence-corrected chi connectivity index (χ4v) is 4.89. The maximum absolute atomic E-state index is 12.5. The second kappa shape index (κ2) is 6.54. The predicted molar refractivity (Wildman–Crippen MR) is 96.2 cm³/mol. The highest BCUT2D eigenvalue weighted by atomic mass is 35.5. The van der Waals surface area contributed by atoms with Crippen molar-refractivity contribution < 1.29 is 8.42 Å². The number of aromatic nitrogens is 2. The van der Waals surface area contributed by atoms with Crippen LogP contribution in [0.25, 0.3) is 11.0 Å². The fraction of sp³-hybridized carbons (Fsp3) is 0.133. The Morgan fingerprint density at radius 3 is 2.38 bits per heavy atom. The highest BCUT2D eigenvalue weighted by molar-refractivity contribution is 7.89. The van der Waals surface area contributed by atoms with Gasteiger partial charge in [0.05, 0.1) is 27.6 Å². The number of fused-ring (bicyclic) bond motifs is 1. The Kier molecular flexibility index (Phi) is 4.77. The van der Waals surface area contributed by atoms with Crippen molar-refractivity contribution in [1.82, 2.24) is 14.3 Å². The van der Waals surface area contributed by atoms with E-state index in [0.717, 1.165) is 11.0 Å². The Hall–Kier alpha value is -1.31. The molecule has 9 heteroatoms. The van der Waals surface area contributed by atoms with Crippen LogP contribution in [0.2, 0.25) is 15.1 Å². The van der Waals surface area contributed by atoms with Gasteiger partial charge in [-0.05, 0) is 24.3 Å². The number of benzene rings is 2. The normalized spacial score (nSPS) is 12.0. The van der Waals surface area contributed by atoms with Gasteiger partial charge in [0, 0.05) is 12.1 Å². The second-order valence-corrected chi connectivity index (χ2v) is 8.05. The molecule has 126 valence electrons. The molecular weight excluding hydrogens is 393 g/mol. The summed E-state index contributed by atoms with van der Waals surface area (Å²) in [4.78, 5) is 4.22. The third kappa shape index (κ3) is 3.25. The molecule has 2 aromatic carbocycles. The number of imidazole rings is 1. The van der Waals surface area contributed by atoms with Crippen molar-refractivity contribution in [2.75, 3.05) is 0 Å². The molecule has 0 amide bonds. The Balaban J connectivity index is 1.92. The Labute approximate surface area is 154 Å². The zero-order valence-corrected chi connectivity index (χ0v) is 15.5. The molecule has 0 unspecified atom stereocenters. The van der Waals surface area contributed by atoms with Gasteiger partial charge < -0.3 is 4.57 Å². The third-order valence-corrected chi connectivity index (χ3v) is 6.07. The summed E-state index contributed by atoms with van der Waals surface area (Å²) in [6.07, 6.45) is 0. The number of nitrogens with zero attached hydrogens (tertiary/aromatic N) is 2. The van der Waals surface area contributed by atoms with Crippen molar-refractivity contribution in [1.29, 1.82) is 0 Å². The molecule has 3 aromatic rings. The lowest BCUT2D eigenvalue weighted by Crippen LogP contribution is -2.25. The number of aryl methyl sites for hydroxylation is 1. The summed E-state index contributed by atoms with van der Waals surface area (Å²) in [5.41, 5.74) is 1.70. The smallest absolute Gasteiger partial charge is 0.243 e. The average molecular weight is 405 g/mol. The van der Waals surface area contributed by atoms with Crippen molar-refractivity contribution >= 4 is 55.9 Å². The van der Waals surface area contributed by atoms with E-state index in [-0.39, 0.29) is 26.5 Å². The minimum atomic E-state index is -3.92. The van der Waals surface area contributed by atoms with Gasteiger partial charge in [-0.3, -0.25) is 0 Å². The first kappa shape index (κ1) is 17.5. The van der Waals surface area contributed by atoms with E-state index < -0.39 is 10.0 Å². The summed E-state index contributed by atoms with van der Waals surface area (Å²) >= 11 is 17.8. The summed E-state index contributed by atoms with van der Waals surface area (Å²) < 4.78 is 29.3. The fourth-order valence-electron chi connectivity index (χ4n) is 2.37. The van der Waals surface area contributed by atoms with E-state index in [4.69, 9.17) is 34.8 Å². The van der Waals surface area contributed by atoms with Gasteiger partial charge in [0.25, 0.3) is 0 Å². The molecule has 24 heavy (non-hydrogen) atoms. The van der Waals surface area contributed by atoms with Crippen molar-refractivity contribution in [2.24, 2.45) is 7.05 Å². The van der Waals surface area contributed by atoms with Crippen molar-refractivity contribution in [3.05, 3.63) is 57.3 Å². The van der Waals surface area contributed by atoms with E-state index in [1.54, 1.807) is 0 Å². The summed E-state index contributed by atoms with van der Waals surface area (Å²) in [5.74, 6) is 0.570. The van der Waals surface area contributed by atoms with Crippen LogP contribution in [0, 0.1) is 0 Å². The maximum atomic E-state index is 12.5. The highest BCUT2D eigenvalue weighted by Crippen LogP contribution is 2.32. The standard InChI is InChI=1S/C15H12Cl3N3O2S/c1-21-13-5-3-2-4-12(13)20-14(21)8-19-24(22,23)15-10(17)6-9(16)7-11(15)18/h2-7,19H,8H2,1H3. The first-order valence-electron chi connectivity index (χ1n) is 6.84. The topological polar surface area (TPSA) is 64.0 Å². The maximum Gasteiger partial charge on any atom is 0.243 e. The van der Waals surface area contributed by atoms with E-state index in [2.05, 4.69) is 9.71 Å². The van der Waals surface area contributed by atoms with E-state index >= 15 is 0 Å². The number of hydrogen-bond donors (Lipinski definition) is 1. The van der Waals surface area contributed by atoms with Crippen LogP contribution in [0.3, 0.4) is 0 Å². The van der Waals surface area contributed by atoms with Gasteiger partial charge in [-0.2, -0.15) is 0 Å². The minimum Gasteiger partial charge on any atom is -0.330 e. The van der Waals surface area contributed by atoms with Gasteiger partial charge >= 0.3 is 0 Å². The summed E-state index contributed by atoms with van der Waals surface area (Å²) in [6.45, 7) is 0.00278. The quantitative estimate of drug-likeness (QED) is 0.714. The monoisotopic (exact) mass is 403 g/mol. The molecule has 1 N–H and O–H groups in total. The lowest BCUT2D eigenvalue weighted by molar-refractivity contribution is 0.578. The van der Waals surface area contributed by atoms with E-state index in [1.807, 2.05) is 35.9 Å². The molecule has 0 atom stereocenters. The minimum absolute atomic E-state index is 0.00278. The lowest BCUT2D eigenvalue weighted by atomic mass is 10.3. The molecule has 1 aromatic heterocycles. The van der Waals surface area contributed by atoms with E-state index in [0.29, 0.717) is 5.82 Å². The third-order valence-electron chi connectivity index (χ3n) is 3.53. The average Bonchev–Trinajstić information content (AvgIpc) is 2.81. The van der Waals surface area contributed by atoms with Gasteiger partial charge in [-0.15, -0.1) is 0 Å². The molecule has 0 saturated heterocycles. The molecule has 0 spiro atoms. The summed E-state index contributed by atoms with van der Waals surface area (Å²) in [5, 5.41) is 0.189. The number of rotatable bonds is 4. The summed E-state index contributed by atoms with van der Waals surface area (Å²) in [7, 11) is -2.10. The largest absolute Gasteiger partial charge is 0.330 e. The van der Waals surface area contributed by atoms with Crippen LogP contribution in [-0.2, 0) is 23.6 Å². The van der Waals surface area contributed by atoms with Gasteiger partial charge in [0.15, 0.2) is 0 Å². The van der Waals surface area contributed by atoms with Crippen LogP contribution in [0.1, 0.15) is 5.82 Å². The van der Waals surface area contributed by atoms with E-state index in [9.17, 15) is 8.42 Å². The summed E-state index contributed by atoms with van der Waals surface area (Å²) in [6, 6.07) is 10.2. The highest BCUT2D eigenvalue weighted by Gasteiger charge is 2.23. The van der Waals surface area contributed by atoms with Gasteiger partial charge in [0.1, 0.15) is 10.7 Å². The Morgan fingerprint density at radius 1 is 1.12 bits per heavy atom. The van der Waals surface area contributed by atoms with Crippen molar-refractivity contribution in [3.8, 4) is 0 Å². The molecule has 0 aliphatic heterocycles. The zero-order valence-electron chi connectivity index (χ0n) is 12.4. The van der Waals surface area contributed by atoms with Crippen LogP contribution in [0.4, 0.5) is 0 Å². The number of sulfonamides is 1. The van der Waals surface area contributed by atoms with Crippen LogP contribution in [0.5, 0.6) is 0 Å². The molecule has 3 rings (SSSR count). The number of nitrogens with one attached hydrogen (secondary N) is 1. The molecule has 5 nitrogen and oxygen atoms in total. The number of halogens is 3. The second-order valence-electron chi connectivity index (χ2n) is 5.10. The lowest BCUT2D eigenvalue weighted by Gasteiger charge is -2.10. The molecule has 0 fully saturated rings. The molecule has 0 radical (unpaired) electrons. The van der Waals surface area contributed by atoms with Gasteiger partial charge in [0.2, 0.25) is 10.0 Å². The number of para-hydroxylation sites is 2. The molecular formula is C15H12Cl3N3O2S. The van der Waals surface area contributed by atoms with Gasteiger partial charge in [-0.1, -0.05) is 46.9 Å². The molecule has 0 saturated carbocycles. The van der Waals surface area contributed by atoms with Gasteiger partial charge in [-0.25, -0.2) is 18.1 Å². The first-order chi connectivity index (χ1) is 11.3. The molecule has 1 heterocycles. The van der Waals surface area contributed by atoms with Crippen LogP contribution < -0.4 is 4.72 Å². The Bertz CT molecular complexity index is 1010. The Morgan fingerprint density at radius 2 is 1.75 bits per heavy atom. The molecule has 0 aliphatic rings. The van der Waals surface area contributed by atoms with Crippen LogP contribution >= 0.6 is 34.8 Å². The first-order valence-corrected chi connectivity index (χ1v) is 9.46. The SMILES string of the molecule is Cn1c(CNS(=O)(=O)c2c(Cl)cc(Cl)cc2Cl)nc2ccccc21. The van der Waals surface area contributed by atoms with E-state index in [1.165, 1.54) is 12.1 Å². The predicted octanol–water partition coefficient (Wildman–Crippen LogP) is 4.01. The van der Waals surface area contributed by atoms with Crippen molar-refractivity contribution in [2.45, 2.75) is 11.4 Å². The molecule has 0 bridgehead atoms.